The lowest BCUT2D eigenvalue weighted by Crippen LogP contribution is -2.17. The maximum atomic E-state index is 8.73. The van der Waals surface area contributed by atoms with Gasteiger partial charge >= 0.3 is 0 Å². The van der Waals surface area contributed by atoms with Crippen molar-refractivity contribution in [3.63, 3.8) is 0 Å². The van der Waals surface area contributed by atoms with E-state index in [0.29, 0.717) is 12.1 Å². The van der Waals surface area contributed by atoms with Crippen molar-refractivity contribution < 1.29 is 5.21 Å². The number of nitrogens with two attached hydrogens (primary N) is 1. The van der Waals surface area contributed by atoms with Crippen molar-refractivity contribution >= 4 is 22.5 Å². The predicted octanol–water partition coefficient (Wildman–Crippen LogP) is 2.22. The van der Waals surface area contributed by atoms with Crippen molar-refractivity contribution in [3.8, 4) is 0 Å². The first-order valence-electron chi connectivity index (χ1n) is 6.74. The van der Waals surface area contributed by atoms with Gasteiger partial charge in [0.15, 0.2) is 5.84 Å². The van der Waals surface area contributed by atoms with Gasteiger partial charge in [0.05, 0.1) is 0 Å². The van der Waals surface area contributed by atoms with Gasteiger partial charge in [-0.05, 0) is 18.1 Å². The van der Waals surface area contributed by atoms with Crippen molar-refractivity contribution in [2.75, 3.05) is 11.9 Å². The van der Waals surface area contributed by atoms with Crippen molar-refractivity contribution in [2.24, 2.45) is 10.9 Å². The first kappa shape index (κ1) is 15.2. The van der Waals surface area contributed by atoms with Gasteiger partial charge in [0.2, 0.25) is 5.13 Å². The van der Waals surface area contributed by atoms with E-state index < -0.39 is 0 Å². The summed E-state index contributed by atoms with van der Waals surface area (Å²) in [5, 5.41) is 12.6. The number of amidine groups is 1. The molecule has 1 aromatic carbocycles. The van der Waals surface area contributed by atoms with E-state index in [9.17, 15) is 0 Å². The summed E-state index contributed by atoms with van der Waals surface area (Å²) < 4.78 is 4.34. The summed E-state index contributed by atoms with van der Waals surface area (Å²) in [6.07, 6.45) is 1.95. The molecule has 3 N–H and O–H groups in total. The summed E-state index contributed by atoms with van der Waals surface area (Å²) in [4.78, 5) is 6.56. The Morgan fingerprint density at radius 2 is 2.29 bits per heavy atom. The van der Waals surface area contributed by atoms with Crippen LogP contribution in [0.4, 0.5) is 5.13 Å². The molecule has 0 aliphatic carbocycles. The van der Waals surface area contributed by atoms with Crippen LogP contribution in [0.2, 0.25) is 0 Å². The fourth-order valence-electron chi connectivity index (χ4n) is 1.95. The summed E-state index contributed by atoms with van der Waals surface area (Å²) in [6.45, 7) is 2.80. The molecule has 1 heterocycles. The molecule has 2 rings (SSSR count). The Balaban J connectivity index is 2.09. The van der Waals surface area contributed by atoms with E-state index in [4.69, 9.17) is 10.9 Å². The van der Waals surface area contributed by atoms with Gasteiger partial charge in [0.1, 0.15) is 5.82 Å². The van der Waals surface area contributed by atoms with Gasteiger partial charge in [-0.25, -0.2) is 4.98 Å². The number of aromatic nitrogens is 2. The van der Waals surface area contributed by atoms with E-state index in [1.807, 2.05) is 36.2 Å². The smallest absolute Gasteiger partial charge is 0.205 e. The topological polar surface area (TPSA) is 87.6 Å². The van der Waals surface area contributed by atoms with Crippen LogP contribution in [-0.4, -0.2) is 27.4 Å². The zero-order valence-corrected chi connectivity index (χ0v) is 13.0. The van der Waals surface area contributed by atoms with Gasteiger partial charge in [-0.2, -0.15) is 4.37 Å². The Morgan fingerprint density at radius 1 is 1.48 bits per heavy atom. The fourth-order valence-corrected chi connectivity index (χ4v) is 2.62. The van der Waals surface area contributed by atoms with Crippen LogP contribution in [0.3, 0.4) is 0 Å². The monoisotopic (exact) mass is 305 g/mol. The lowest BCUT2D eigenvalue weighted by molar-refractivity contribution is 0.318. The second-order valence-electron chi connectivity index (χ2n) is 4.78. The normalized spacial score (nSPS) is 11.6. The van der Waals surface area contributed by atoms with Gasteiger partial charge < -0.3 is 15.8 Å². The predicted molar refractivity (Wildman–Crippen MR) is 85.0 cm³/mol. The van der Waals surface area contributed by atoms with Crippen molar-refractivity contribution in [1.29, 1.82) is 0 Å². The molecular formula is C14H19N5OS. The third-order valence-electron chi connectivity index (χ3n) is 3.01. The first-order valence-corrected chi connectivity index (χ1v) is 7.52. The summed E-state index contributed by atoms with van der Waals surface area (Å²) >= 11 is 1.41. The lowest BCUT2D eigenvalue weighted by atomic mass is 10.1. The van der Waals surface area contributed by atoms with Gasteiger partial charge in [0.25, 0.3) is 0 Å². The zero-order chi connectivity index (χ0) is 15.2. The number of hydrogen-bond acceptors (Lipinski definition) is 6. The van der Waals surface area contributed by atoms with Crippen molar-refractivity contribution in [3.05, 3.63) is 41.2 Å². The van der Waals surface area contributed by atoms with Crippen LogP contribution in [0, 0.1) is 0 Å². The Labute approximate surface area is 128 Å². The number of benzene rings is 1. The molecular weight excluding hydrogens is 286 g/mol. The second-order valence-corrected chi connectivity index (χ2v) is 5.52. The molecule has 6 nitrogen and oxygen atoms in total. The molecule has 0 spiro atoms. The van der Waals surface area contributed by atoms with Crippen LogP contribution >= 0.6 is 11.5 Å². The Hall–Kier alpha value is -2.15. The van der Waals surface area contributed by atoms with Gasteiger partial charge in [-0.1, -0.05) is 30.3 Å². The Kier molecular flexibility index (Phi) is 5.10. The molecule has 7 heteroatoms. The van der Waals surface area contributed by atoms with Crippen molar-refractivity contribution in [1.82, 2.24) is 9.36 Å². The molecule has 0 aliphatic rings. The summed E-state index contributed by atoms with van der Waals surface area (Å²) in [5.41, 5.74) is 7.37. The maximum absolute atomic E-state index is 8.73. The molecule has 0 fully saturated rings. The minimum atomic E-state index is 0.112. The van der Waals surface area contributed by atoms with Crippen LogP contribution in [0.5, 0.6) is 0 Å². The van der Waals surface area contributed by atoms with E-state index in [2.05, 4.69) is 21.4 Å². The average Bonchev–Trinajstić information content (AvgIpc) is 2.96. The molecule has 0 saturated carbocycles. The van der Waals surface area contributed by atoms with Gasteiger partial charge in [0, 0.05) is 37.1 Å². The lowest BCUT2D eigenvalue weighted by Gasteiger charge is -2.15. The molecule has 0 aliphatic heterocycles. The number of hydrogen-bond donors (Lipinski definition) is 2. The van der Waals surface area contributed by atoms with Crippen LogP contribution in [0.25, 0.3) is 0 Å². The third kappa shape index (κ3) is 3.91. The Bertz CT molecular complexity index is 625. The van der Waals surface area contributed by atoms with E-state index in [1.165, 1.54) is 11.5 Å². The summed E-state index contributed by atoms with van der Waals surface area (Å²) in [5.74, 6) is 1.01. The standard InChI is InChI=1S/C14H19N5OS/c1-3-5-12-16-14(21-18-12)19(2)9-10-6-4-7-11(8-10)13(15)17-20/h4,6-8,20H,3,5,9H2,1-2H3,(H2,15,17). The molecule has 0 saturated heterocycles. The maximum Gasteiger partial charge on any atom is 0.205 e. The molecule has 112 valence electrons. The molecule has 21 heavy (non-hydrogen) atoms. The highest BCUT2D eigenvalue weighted by atomic mass is 32.1. The molecule has 0 unspecified atom stereocenters. The van der Waals surface area contributed by atoms with Gasteiger partial charge in [-0.15, -0.1) is 0 Å². The third-order valence-corrected chi connectivity index (χ3v) is 3.88. The average molecular weight is 305 g/mol. The molecule has 0 amide bonds. The Morgan fingerprint density at radius 3 is 3.00 bits per heavy atom. The highest BCUT2D eigenvalue weighted by molar-refractivity contribution is 7.09. The minimum Gasteiger partial charge on any atom is -0.409 e. The molecule has 0 atom stereocenters. The minimum absolute atomic E-state index is 0.112. The quantitative estimate of drug-likeness (QED) is 0.370. The zero-order valence-electron chi connectivity index (χ0n) is 12.2. The number of oxime groups is 1. The second kappa shape index (κ2) is 7.03. The van der Waals surface area contributed by atoms with Crippen LogP contribution < -0.4 is 10.6 Å². The molecule has 2 aromatic rings. The van der Waals surface area contributed by atoms with Crippen LogP contribution in [0.1, 0.15) is 30.3 Å². The number of anilines is 1. The molecule has 0 radical (unpaired) electrons. The first-order chi connectivity index (χ1) is 10.1. The van der Waals surface area contributed by atoms with Crippen molar-refractivity contribution in [2.45, 2.75) is 26.3 Å². The number of rotatable bonds is 6. The molecule has 0 bridgehead atoms. The van der Waals surface area contributed by atoms with Crippen LogP contribution in [-0.2, 0) is 13.0 Å². The largest absolute Gasteiger partial charge is 0.409 e. The highest BCUT2D eigenvalue weighted by Crippen LogP contribution is 2.19. The number of nitrogens with zero attached hydrogens (tertiary/aromatic N) is 4. The highest BCUT2D eigenvalue weighted by Gasteiger charge is 2.09. The number of aryl methyl sites for hydroxylation is 1. The summed E-state index contributed by atoms with van der Waals surface area (Å²) in [7, 11) is 1.98. The van der Waals surface area contributed by atoms with E-state index in [0.717, 1.165) is 29.4 Å². The SMILES string of the molecule is CCCc1nsc(N(C)Cc2cccc(C(N)=NO)c2)n1. The molecule has 1 aromatic heterocycles. The van der Waals surface area contributed by atoms with Gasteiger partial charge in [-0.3, -0.25) is 0 Å². The van der Waals surface area contributed by atoms with Crippen LogP contribution in [0.15, 0.2) is 29.4 Å². The fraction of sp³-hybridized carbons (Fsp3) is 0.357. The van der Waals surface area contributed by atoms with E-state index >= 15 is 0 Å². The van der Waals surface area contributed by atoms with E-state index in [1.54, 1.807) is 0 Å². The van der Waals surface area contributed by atoms with E-state index in [-0.39, 0.29) is 5.84 Å². The summed E-state index contributed by atoms with van der Waals surface area (Å²) in [6, 6.07) is 7.60.